The first kappa shape index (κ1) is 12.7. The maximum absolute atomic E-state index is 11.2. The Kier molecular flexibility index (Phi) is 3.69. The van der Waals surface area contributed by atoms with E-state index in [0.29, 0.717) is 18.0 Å². The number of amides is 1. The highest BCUT2D eigenvalue weighted by molar-refractivity contribution is 5.96. The Bertz CT molecular complexity index is 450. The van der Waals surface area contributed by atoms with E-state index in [2.05, 4.69) is 5.32 Å². The Morgan fingerprint density at radius 2 is 2.33 bits per heavy atom. The Morgan fingerprint density at radius 3 is 3.06 bits per heavy atom. The topological polar surface area (TPSA) is 82.0 Å². The summed E-state index contributed by atoms with van der Waals surface area (Å²) in [6.45, 7) is 0.0601. The van der Waals surface area contributed by atoms with E-state index in [-0.39, 0.29) is 19.1 Å². The molecule has 1 aromatic rings. The van der Waals surface area contributed by atoms with Gasteiger partial charge in [-0.2, -0.15) is 0 Å². The number of likely N-dealkylation sites (N-methyl/N-ethyl adjacent to an activating group) is 1. The smallest absolute Gasteiger partial charge is 0.262 e. The number of rotatable bonds is 4. The average molecular weight is 252 g/mol. The summed E-state index contributed by atoms with van der Waals surface area (Å²) in [6, 6.07) is 5.38. The van der Waals surface area contributed by atoms with E-state index in [0.717, 1.165) is 5.69 Å². The number of ether oxygens (including phenoxy) is 1. The number of fused-ring (bicyclic) bond motifs is 1. The van der Waals surface area contributed by atoms with Gasteiger partial charge in [-0.25, -0.2) is 0 Å². The van der Waals surface area contributed by atoms with E-state index in [1.54, 1.807) is 24.1 Å². The van der Waals surface area contributed by atoms with E-state index in [4.69, 9.17) is 9.84 Å². The van der Waals surface area contributed by atoms with Crippen LogP contribution in [0.2, 0.25) is 0 Å². The van der Waals surface area contributed by atoms with Crippen molar-refractivity contribution in [3.63, 3.8) is 0 Å². The van der Waals surface area contributed by atoms with Crippen LogP contribution in [-0.2, 0) is 4.79 Å². The van der Waals surface area contributed by atoms with Crippen molar-refractivity contribution in [2.75, 3.05) is 37.0 Å². The molecule has 1 heterocycles. The Hall–Kier alpha value is -1.79. The van der Waals surface area contributed by atoms with Crippen LogP contribution in [0.25, 0.3) is 0 Å². The average Bonchev–Trinajstić information content (AvgIpc) is 2.37. The van der Waals surface area contributed by atoms with Crippen LogP contribution in [0.4, 0.5) is 11.4 Å². The minimum atomic E-state index is -0.795. The second kappa shape index (κ2) is 5.24. The molecule has 0 fully saturated rings. The SMILES string of the molecule is CN(CC(O)CO)c1ccc2c(c1)NC(=O)CO2. The maximum atomic E-state index is 11.2. The van der Waals surface area contributed by atoms with Gasteiger partial charge in [-0.05, 0) is 18.2 Å². The number of aliphatic hydroxyl groups is 2. The third-order valence-electron chi connectivity index (χ3n) is 2.73. The van der Waals surface area contributed by atoms with Gasteiger partial charge in [-0.1, -0.05) is 0 Å². The molecule has 1 atom stereocenters. The monoisotopic (exact) mass is 252 g/mol. The third-order valence-corrected chi connectivity index (χ3v) is 2.73. The lowest BCUT2D eigenvalue weighted by atomic mass is 10.2. The summed E-state index contributed by atoms with van der Waals surface area (Å²) in [5.74, 6) is 0.451. The van der Waals surface area contributed by atoms with Crippen molar-refractivity contribution in [3.8, 4) is 5.75 Å². The third kappa shape index (κ3) is 2.72. The largest absolute Gasteiger partial charge is 0.482 e. The van der Waals surface area contributed by atoms with E-state index in [1.165, 1.54) is 0 Å². The molecule has 98 valence electrons. The predicted octanol–water partition coefficient (Wildman–Crippen LogP) is -0.193. The van der Waals surface area contributed by atoms with Gasteiger partial charge in [-0.15, -0.1) is 0 Å². The summed E-state index contributed by atoms with van der Waals surface area (Å²) in [5, 5.41) is 20.9. The highest BCUT2D eigenvalue weighted by Crippen LogP contribution is 2.31. The van der Waals surface area contributed by atoms with Crippen molar-refractivity contribution in [2.24, 2.45) is 0 Å². The molecule has 0 saturated carbocycles. The Morgan fingerprint density at radius 1 is 1.56 bits per heavy atom. The lowest BCUT2D eigenvalue weighted by Crippen LogP contribution is -2.31. The molecule has 1 unspecified atom stereocenters. The molecule has 0 saturated heterocycles. The van der Waals surface area contributed by atoms with Crippen LogP contribution in [0.3, 0.4) is 0 Å². The summed E-state index contributed by atoms with van der Waals surface area (Å²) < 4.78 is 5.25. The zero-order valence-corrected chi connectivity index (χ0v) is 10.1. The first-order valence-corrected chi connectivity index (χ1v) is 5.67. The van der Waals surface area contributed by atoms with Crippen LogP contribution in [0.5, 0.6) is 5.75 Å². The minimum Gasteiger partial charge on any atom is -0.482 e. The van der Waals surface area contributed by atoms with Crippen LogP contribution in [0.1, 0.15) is 0 Å². The maximum Gasteiger partial charge on any atom is 0.262 e. The van der Waals surface area contributed by atoms with Crippen molar-refractivity contribution in [1.82, 2.24) is 0 Å². The fourth-order valence-electron chi connectivity index (χ4n) is 1.79. The number of carbonyl (C=O) groups is 1. The van der Waals surface area contributed by atoms with Gasteiger partial charge in [0.2, 0.25) is 0 Å². The van der Waals surface area contributed by atoms with Crippen LogP contribution >= 0.6 is 0 Å². The summed E-state index contributed by atoms with van der Waals surface area (Å²) in [7, 11) is 1.80. The number of nitrogens with zero attached hydrogens (tertiary/aromatic N) is 1. The normalized spacial score (nSPS) is 15.4. The van der Waals surface area contributed by atoms with Crippen LogP contribution < -0.4 is 15.0 Å². The van der Waals surface area contributed by atoms with Crippen molar-refractivity contribution in [2.45, 2.75) is 6.10 Å². The summed E-state index contributed by atoms with van der Waals surface area (Å²) in [5.41, 5.74) is 1.45. The quantitative estimate of drug-likeness (QED) is 0.691. The molecule has 6 nitrogen and oxygen atoms in total. The molecule has 1 aromatic carbocycles. The summed E-state index contributed by atoms with van der Waals surface area (Å²) in [4.78, 5) is 13.0. The zero-order chi connectivity index (χ0) is 13.1. The van der Waals surface area contributed by atoms with Gasteiger partial charge < -0.3 is 25.2 Å². The van der Waals surface area contributed by atoms with Crippen molar-refractivity contribution < 1.29 is 19.7 Å². The number of aliphatic hydroxyl groups excluding tert-OH is 2. The van der Waals surface area contributed by atoms with Crippen LogP contribution in [0.15, 0.2) is 18.2 Å². The number of benzene rings is 1. The minimum absolute atomic E-state index is 0.0331. The van der Waals surface area contributed by atoms with Gasteiger partial charge in [0.15, 0.2) is 6.61 Å². The van der Waals surface area contributed by atoms with Gasteiger partial charge in [0.25, 0.3) is 5.91 Å². The van der Waals surface area contributed by atoms with E-state index in [9.17, 15) is 9.90 Å². The summed E-state index contributed by atoms with van der Waals surface area (Å²) >= 11 is 0. The second-order valence-electron chi connectivity index (χ2n) is 4.23. The fourth-order valence-corrected chi connectivity index (χ4v) is 1.79. The first-order chi connectivity index (χ1) is 8.60. The van der Waals surface area contributed by atoms with Gasteiger partial charge in [0, 0.05) is 19.3 Å². The molecule has 0 spiro atoms. The van der Waals surface area contributed by atoms with E-state index >= 15 is 0 Å². The number of carbonyl (C=O) groups excluding carboxylic acids is 1. The molecule has 3 N–H and O–H groups in total. The molecule has 0 bridgehead atoms. The molecular formula is C12H16N2O4. The molecule has 18 heavy (non-hydrogen) atoms. The molecule has 0 aromatic heterocycles. The molecule has 1 aliphatic rings. The van der Waals surface area contributed by atoms with Gasteiger partial charge >= 0.3 is 0 Å². The van der Waals surface area contributed by atoms with Gasteiger partial charge in [-0.3, -0.25) is 4.79 Å². The molecule has 1 amide bonds. The number of anilines is 2. The Labute approximate surface area is 105 Å². The first-order valence-electron chi connectivity index (χ1n) is 5.67. The number of hydrogen-bond donors (Lipinski definition) is 3. The van der Waals surface area contributed by atoms with Gasteiger partial charge in [0.1, 0.15) is 5.75 Å². The van der Waals surface area contributed by atoms with Crippen LogP contribution in [0, 0.1) is 0 Å². The lowest BCUT2D eigenvalue weighted by molar-refractivity contribution is -0.118. The lowest BCUT2D eigenvalue weighted by Gasteiger charge is -2.24. The van der Waals surface area contributed by atoms with Crippen LogP contribution in [-0.4, -0.2) is 49.0 Å². The zero-order valence-electron chi connectivity index (χ0n) is 10.1. The predicted molar refractivity (Wildman–Crippen MR) is 66.9 cm³/mol. The highest BCUT2D eigenvalue weighted by atomic mass is 16.5. The molecular weight excluding hydrogens is 236 g/mol. The van der Waals surface area contributed by atoms with Crippen molar-refractivity contribution in [1.29, 1.82) is 0 Å². The van der Waals surface area contributed by atoms with Crippen molar-refractivity contribution >= 4 is 17.3 Å². The number of hydrogen-bond acceptors (Lipinski definition) is 5. The standard InChI is InChI=1S/C12H16N2O4/c1-14(5-9(16)6-15)8-2-3-11-10(4-8)13-12(17)7-18-11/h2-4,9,15-16H,5-7H2,1H3,(H,13,17). The van der Waals surface area contributed by atoms with E-state index in [1.807, 2.05) is 6.07 Å². The van der Waals surface area contributed by atoms with E-state index < -0.39 is 6.10 Å². The summed E-state index contributed by atoms with van der Waals surface area (Å²) in [6.07, 6.45) is -0.795. The molecule has 0 aliphatic carbocycles. The molecule has 0 radical (unpaired) electrons. The molecule has 6 heteroatoms. The fraction of sp³-hybridized carbons (Fsp3) is 0.417. The van der Waals surface area contributed by atoms with Gasteiger partial charge in [0.05, 0.1) is 18.4 Å². The highest BCUT2D eigenvalue weighted by Gasteiger charge is 2.17. The molecule has 2 rings (SSSR count). The Balaban J connectivity index is 2.15. The second-order valence-corrected chi connectivity index (χ2v) is 4.23. The number of nitrogens with one attached hydrogen (secondary N) is 1. The van der Waals surface area contributed by atoms with Crippen molar-refractivity contribution in [3.05, 3.63) is 18.2 Å². The molecule has 1 aliphatic heterocycles.